The number of rotatable bonds is 3. The summed E-state index contributed by atoms with van der Waals surface area (Å²) in [5.41, 5.74) is -0.561. The lowest BCUT2D eigenvalue weighted by atomic mass is 10.1. The van der Waals surface area contributed by atoms with Gasteiger partial charge >= 0.3 is 0 Å². The summed E-state index contributed by atoms with van der Waals surface area (Å²) in [6, 6.07) is 0.658. The molecule has 1 rings (SSSR count). The molecule has 0 aromatic rings. The summed E-state index contributed by atoms with van der Waals surface area (Å²) in [4.78, 5) is 4.79. The third kappa shape index (κ3) is 3.56. The van der Waals surface area contributed by atoms with Crippen molar-refractivity contribution in [2.24, 2.45) is 0 Å². The van der Waals surface area contributed by atoms with Crippen molar-refractivity contribution in [2.45, 2.75) is 38.8 Å². The van der Waals surface area contributed by atoms with Gasteiger partial charge in [-0.25, -0.2) is 0 Å². The summed E-state index contributed by atoms with van der Waals surface area (Å²) in [7, 11) is 2.19. The molecule has 1 heterocycles. The Kier molecular flexibility index (Phi) is 3.93. The molecule has 0 spiro atoms. The van der Waals surface area contributed by atoms with Gasteiger partial charge in [-0.1, -0.05) is 6.92 Å². The van der Waals surface area contributed by atoms with Crippen molar-refractivity contribution in [3.63, 3.8) is 0 Å². The van der Waals surface area contributed by atoms with E-state index in [1.165, 1.54) is 6.42 Å². The Morgan fingerprint density at radius 1 is 1.36 bits per heavy atom. The average molecular weight is 200 g/mol. The quantitative estimate of drug-likeness (QED) is 0.729. The number of aliphatic hydroxyl groups is 1. The monoisotopic (exact) mass is 200 g/mol. The van der Waals surface area contributed by atoms with Gasteiger partial charge in [-0.15, -0.1) is 0 Å². The first-order valence-electron chi connectivity index (χ1n) is 5.57. The van der Waals surface area contributed by atoms with Gasteiger partial charge in [0.2, 0.25) is 0 Å². The average Bonchev–Trinajstić information content (AvgIpc) is 2.06. The molecule has 1 fully saturated rings. The molecular weight excluding hydrogens is 176 g/mol. The lowest BCUT2D eigenvalue weighted by Crippen LogP contribution is -2.54. The molecule has 0 aromatic heterocycles. The van der Waals surface area contributed by atoms with E-state index in [1.807, 2.05) is 13.8 Å². The van der Waals surface area contributed by atoms with Crippen LogP contribution < -0.4 is 0 Å². The largest absolute Gasteiger partial charge is 0.389 e. The van der Waals surface area contributed by atoms with Crippen LogP contribution in [0.1, 0.15) is 27.2 Å². The number of β-amino-alcohol motifs (C(OH)–C–C–N with tert-alkyl or cyclic N) is 1. The molecule has 0 aliphatic carbocycles. The SMILES string of the molecule is CCC1CN(CC(C)(C)O)CCN1C. The molecule has 1 atom stereocenters. The molecule has 1 aliphatic heterocycles. The van der Waals surface area contributed by atoms with Crippen LogP contribution in [0.2, 0.25) is 0 Å². The molecule has 84 valence electrons. The fourth-order valence-corrected chi connectivity index (χ4v) is 2.14. The van der Waals surface area contributed by atoms with Crippen LogP contribution in [-0.2, 0) is 0 Å². The summed E-state index contributed by atoms with van der Waals surface area (Å²) in [6.45, 7) is 10.1. The van der Waals surface area contributed by atoms with Gasteiger partial charge in [0.05, 0.1) is 5.60 Å². The van der Waals surface area contributed by atoms with E-state index in [9.17, 15) is 5.11 Å². The van der Waals surface area contributed by atoms with Gasteiger partial charge in [0.25, 0.3) is 0 Å². The molecule has 0 saturated carbocycles. The van der Waals surface area contributed by atoms with Crippen LogP contribution in [-0.4, -0.2) is 59.8 Å². The molecule has 3 heteroatoms. The molecule has 1 unspecified atom stereocenters. The minimum absolute atomic E-state index is 0.561. The molecule has 0 amide bonds. The zero-order valence-corrected chi connectivity index (χ0v) is 9.95. The molecule has 1 aliphatic rings. The van der Waals surface area contributed by atoms with Crippen molar-refractivity contribution in [3.05, 3.63) is 0 Å². The van der Waals surface area contributed by atoms with Gasteiger partial charge in [0, 0.05) is 32.2 Å². The first kappa shape index (κ1) is 12.0. The van der Waals surface area contributed by atoms with Crippen LogP contribution in [0.15, 0.2) is 0 Å². The first-order chi connectivity index (χ1) is 6.42. The maximum absolute atomic E-state index is 9.74. The van der Waals surface area contributed by atoms with E-state index < -0.39 is 5.60 Å². The second-order valence-corrected chi connectivity index (χ2v) is 5.09. The van der Waals surface area contributed by atoms with Gasteiger partial charge in [-0.05, 0) is 27.3 Å². The third-order valence-corrected chi connectivity index (χ3v) is 2.94. The van der Waals surface area contributed by atoms with E-state index in [-0.39, 0.29) is 0 Å². The maximum atomic E-state index is 9.74. The van der Waals surface area contributed by atoms with Crippen molar-refractivity contribution in [3.8, 4) is 0 Å². The molecule has 1 N–H and O–H groups in total. The predicted octanol–water partition coefficient (Wildman–Crippen LogP) is 0.783. The van der Waals surface area contributed by atoms with Crippen LogP contribution in [0.4, 0.5) is 0 Å². The lowest BCUT2D eigenvalue weighted by Gasteiger charge is -2.41. The lowest BCUT2D eigenvalue weighted by molar-refractivity contribution is 0.00599. The highest BCUT2D eigenvalue weighted by Crippen LogP contribution is 2.13. The molecule has 0 bridgehead atoms. The smallest absolute Gasteiger partial charge is 0.0718 e. The van der Waals surface area contributed by atoms with Crippen LogP contribution in [0, 0.1) is 0 Å². The van der Waals surface area contributed by atoms with Crippen LogP contribution in [0.5, 0.6) is 0 Å². The topological polar surface area (TPSA) is 26.7 Å². The highest BCUT2D eigenvalue weighted by molar-refractivity contribution is 4.82. The summed E-state index contributed by atoms with van der Waals surface area (Å²) in [5.74, 6) is 0. The molecule has 14 heavy (non-hydrogen) atoms. The number of hydrogen-bond acceptors (Lipinski definition) is 3. The highest BCUT2D eigenvalue weighted by Gasteiger charge is 2.26. The zero-order valence-electron chi connectivity index (χ0n) is 9.95. The zero-order chi connectivity index (χ0) is 10.8. The van der Waals surface area contributed by atoms with Crippen molar-refractivity contribution in [2.75, 3.05) is 33.2 Å². The molecule has 0 aromatic carbocycles. The molecule has 1 saturated heterocycles. The Balaban J connectivity index is 2.43. The summed E-state index contributed by atoms with van der Waals surface area (Å²) in [5, 5.41) is 9.74. The Hall–Kier alpha value is -0.120. The van der Waals surface area contributed by atoms with Crippen LogP contribution >= 0.6 is 0 Å². The van der Waals surface area contributed by atoms with E-state index in [1.54, 1.807) is 0 Å². The Labute approximate surface area is 87.7 Å². The van der Waals surface area contributed by atoms with Crippen molar-refractivity contribution >= 4 is 0 Å². The summed E-state index contributed by atoms with van der Waals surface area (Å²) in [6.07, 6.45) is 1.19. The van der Waals surface area contributed by atoms with E-state index in [2.05, 4.69) is 23.8 Å². The highest BCUT2D eigenvalue weighted by atomic mass is 16.3. The van der Waals surface area contributed by atoms with Crippen molar-refractivity contribution in [1.29, 1.82) is 0 Å². The van der Waals surface area contributed by atoms with Gasteiger partial charge < -0.3 is 10.0 Å². The van der Waals surface area contributed by atoms with E-state index >= 15 is 0 Å². The Morgan fingerprint density at radius 3 is 2.50 bits per heavy atom. The van der Waals surface area contributed by atoms with E-state index in [0.717, 1.165) is 26.2 Å². The predicted molar refractivity (Wildman–Crippen MR) is 59.4 cm³/mol. The normalized spacial score (nSPS) is 26.8. The minimum atomic E-state index is -0.561. The number of nitrogens with zero attached hydrogens (tertiary/aromatic N) is 2. The van der Waals surface area contributed by atoms with Gasteiger partial charge in [-0.2, -0.15) is 0 Å². The third-order valence-electron chi connectivity index (χ3n) is 2.94. The fourth-order valence-electron chi connectivity index (χ4n) is 2.14. The second kappa shape index (κ2) is 4.60. The van der Waals surface area contributed by atoms with Crippen molar-refractivity contribution < 1.29 is 5.11 Å². The standard InChI is InChI=1S/C11H24N2O/c1-5-10-8-13(7-6-12(10)4)9-11(2,3)14/h10,14H,5-9H2,1-4H3. The van der Waals surface area contributed by atoms with E-state index in [0.29, 0.717) is 6.04 Å². The fraction of sp³-hybridized carbons (Fsp3) is 1.00. The van der Waals surface area contributed by atoms with Gasteiger partial charge in [0.1, 0.15) is 0 Å². The van der Waals surface area contributed by atoms with Crippen LogP contribution in [0.25, 0.3) is 0 Å². The number of likely N-dealkylation sites (N-methyl/N-ethyl adjacent to an activating group) is 1. The molecule has 3 nitrogen and oxygen atoms in total. The first-order valence-corrected chi connectivity index (χ1v) is 5.57. The van der Waals surface area contributed by atoms with Gasteiger partial charge in [0.15, 0.2) is 0 Å². The second-order valence-electron chi connectivity index (χ2n) is 5.09. The summed E-state index contributed by atoms with van der Waals surface area (Å²) >= 11 is 0. The number of piperazine rings is 1. The van der Waals surface area contributed by atoms with Crippen LogP contribution in [0.3, 0.4) is 0 Å². The Morgan fingerprint density at radius 2 is 2.00 bits per heavy atom. The van der Waals surface area contributed by atoms with E-state index in [4.69, 9.17) is 0 Å². The maximum Gasteiger partial charge on any atom is 0.0718 e. The minimum Gasteiger partial charge on any atom is -0.389 e. The summed E-state index contributed by atoms with van der Waals surface area (Å²) < 4.78 is 0. The molecular formula is C11H24N2O. The number of hydrogen-bond donors (Lipinski definition) is 1. The van der Waals surface area contributed by atoms with Gasteiger partial charge in [-0.3, -0.25) is 4.90 Å². The molecule has 0 radical (unpaired) electrons. The Bertz CT molecular complexity index is 177. The van der Waals surface area contributed by atoms with Crippen molar-refractivity contribution in [1.82, 2.24) is 9.80 Å².